The Hall–Kier alpha value is -3.70. The van der Waals surface area contributed by atoms with Crippen molar-refractivity contribution in [2.24, 2.45) is 0 Å². The number of non-ortho nitro benzene ring substituents is 1. The van der Waals surface area contributed by atoms with Gasteiger partial charge >= 0.3 is 5.97 Å². The highest BCUT2D eigenvalue weighted by Gasteiger charge is 2.28. The maximum Gasteiger partial charge on any atom is 0.341 e. The molecule has 0 saturated heterocycles. The van der Waals surface area contributed by atoms with Crippen molar-refractivity contribution in [3.8, 4) is 0 Å². The molecule has 11 heteroatoms. The van der Waals surface area contributed by atoms with Crippen molar-refractivity contribution in [1.29, 1.82) is 0 Å². The molecule has 9 nitrogen and oxygen atoms in total. The first-order chi connectivity index (χ1) is 18.3. The lowest BCUT2D eigenvalue weighted by molar-refractivity contribution is -0.384. The molecule has 1 aromatic heterocycles. The van der Waals surface area contributed by atoms with Gasteiger partial charge in [0.2, 0.25) is 5.91 Å². The Labute approximate surface area is 228 Å². The van der Waals surface area contributed by atoms with Crippen LogP contribution in [0.4, 0.5) is 16.4 Å². The summed E-state index contributed by atoms with van der Waals surface area (Å²) in [5.41, 5.74) is 2.19. The van der Waals surface area contributed by atoms with Gasteiger partial charge in [-0.2, -0.15) is 0 Å². The van der Waals surface area contributed by atoms with Crippen LogP contribution in [0.5, 0.6) is 0 Å². The van der Waals surface area contributed by atoms with Gasteiger partial charge in [0, 0.05) is 33.2 Å². The number of nitrogens with zero attached hydrogens (tertiary/aromatic N) is 1. The summed E-state index contributed by atoms with van der Waals surface area (Å²) in [7, 11) is 1.35. The molecule has 1 aliphatic rings. The number of thioether (sulfide) groups is 1. The van der Waals surface area contributed by atoms with Crippen LogP contribution in [0.25, 0.3) is 0 Å². The molecule has 2 aromatic carbocycles. The van der Waals surface area contributed by atoms with E-state index in [9.17, 15) is 24.5 Å². The van der Waals surface area contributed by atoms with Gasteiger partial charge in [0.25, 0.3) is 11.6 Å². The number of ether oxygens (including phenoxy) is 1. The number of hydrogen-bond acceptors (Lipinski definition) is 8. The van der Waals surface area contributed by atoms with Gasteiger partial charge in [0.05, 0.1) is 22.8 Å². The second-order valence-corrected chi connectivity index (χ2v) is 11.1. The summed E-state index contributed by atoms with van der Waals surface area (Å²) in [6, 6.07) is 12.5. The third-order valence-electron chi connectivity index (χ3n) is 6.17. The quantitative estimate of drug-likeness (QED) is 0.142. The molecular formula is C27H27N3O6S2. The number of nitro groups is 1. The van der Waals surface area contributed by atoms with Crippen LogP contribution < -0.4 is 10.6 Å². The van der Waals surface area contributed by atoms with E-state index in [-0.39, 0.29) is 11.6 Å². The summed E-state index contributed by atoms with van der Waals surface area (Å²) >= 11 is 2.81. The van der Waals surface area contributed by atoms with E-state index in [2.05, 4.69) is 10.6 Å². The van der Waals surface area contributed by atoms with Crippen molar-refractivity contribution in [3.63, 3.8) is 0 Å². The predicted octanol–water partition coefficient (Wildman–Crippen LogP) is 6.08. The molecule has 0 aliphatic heterocycles. The number of hydrogen-bond donors (Lipinski definition) is 2. The van der Waals surface area contributed by atoms with Gasteiger partial charge < -0.3 is 15.4 Å². The molecule has 1 heterocycles. The molecule has 0 radical (unpaired) electrons. The molecule has 38 heavy (non-hydrogen) atoms. The number of anilines is 2. The average molecular weight is 554 g/mol. The topological polar surface area (TPSA) is 128 Å². The van der Waals surface area contributed by atoms with Crippen molar-refractivity contribution in [2.45, 2.75) is 49.2 Å². The number of carbonyl (C=O) groups is 3. The first-order valence-electron chi connectivity index (χ1n) is 12.2. The molecule has 198 valence electrons. The van der Waals surface area contributed by atoms with E-state index in [0.29, 0.717) is 28.2 Å². The number of rotatable bonds is 9. The van der Waals surface area contributed by atoms with Gasteiger partial charge in [-0.3, -0.25) is 19.7 Å². The number of thiophene rings is 1. The first kappa shape index (κ1) is 27.3. The van der Waals surface area contributed by atoms with Crippen molar-refractivity contribution in [3.05, 3.63) is 80.2 Å². The lowest BCUT2D eigenvalue weighted by Gasteiger charge is -2.16. The lowest BCUT2D eigenvalue weighted by atomic mass is 9.95. The van der Waals surface area contributed by atoms with Crippen LogP contribution in [-0.2, 0) is 22.4 Å². The van der Waals surface area contributed by atoms with Crippen LogP contribution in [0, 0.1) is 10.1 Å². The summed E-state index contributed by atoms with van der Waals surface area (Å²) in [6.45, 7) is 1.91. The van der Waals surface area contributed by atoms with E-state index in [1.807, 2.05) is 13.0 Å². The molecule has 1 unspecified atom stereocenters. The molecule has 1 atom stereocenters. The zero-order valence-corrected chi connectivity index (χ0v) is 22.6. The molecule has 0 bridgehead atoms. The minimum absolute atomic E-state index is 0.0924. The highest BCUT2D eigenvalue weighted by molar-refractivity contribution is 8.00. The average Bonchev–Trinajstić information content (AvgIpc) is 3.29. The lowest BCUT2D eigenvalue weighted by Crippen LogP contribution is -2.25. The van der Waals surface area contributed by atoms with Gasteiger partial charge in [-0.25, -0.2) is 4.79 Å². The Morgan fingerprint density at radius 1 is 1.11 bits per heavy atom. The fourth-order valence-electron chi connectivity index (χ4n) is 4.24. The summed E-state index contributed by atoms with van der Waals surface area (Å²) < 4.78 is 5.01. The molecule has 1 aliphatic carbocycles. The Bertz CT molecular complexity index is 1370. The number of carbonyl (C=O) groups excluding carboxylic acids is 3. The van der Waals surface area contributed by atoms with Crippen molar-refractivity contribution < 1.29 is 24.0 Å². The number of esters is 1. The van der Waals surface area contributed by atoms with Crippen LogP contribution in [0.15, 0.2) is 53.4 Å². The van der Waals surface area contributed by atoms with Gasteiger partial charge in [-0.05, 0) is 68.0 Å². The summed E-state index contributed by atoms with van der Waals surface area (Å²) in [6.07, 6.45) is 4.31. The minimum Gasteiger partial charge on any atom is -0.465 e. The Morgan fingerprint density at radius 2 is 1.84 bits per heavy atom. The van der Waals surface area contributed by atoms with Crippen LogP contribution in [-0.4, -0.2) is 35.1 Å². The second kappa shape index (κ2) is 12.2. The Balaban J connectivity index is 1.45. The fourth-order valence-corrected chi connectivity index (χ4v) is 6.53. The molecule has 0 saturated carbocycles. The number of nitrogens with one attached hydrogen (secondary N) is 2. The van der Waals surface area contributed by atoms with Crippen LogP contribution in [0.1, 0.15) is 57.3 Å². The van der Waals surface area contributed by atoms with E-state index >= 15 is 0 Å². The van der Waals surface area contributed by atoms with Crippen LogP contribution >= 0.6 is 23.1 Å². The maximum atomic E-state index is 13.3. The Kier molecular flexibility index (Phi) is 8.80. The third kappa shape index (κ3) is 6.22. The van der Waals surface area contributed by atoms with Crippen LogP contribution in [0.3, 0.4) is 0 Å². The highest BCUT2D eigenvalue weighted by Crippen LogP contribution is 2.39. The number of amides is 2. The van der Waals surface area contributed by atoms with E-state index in [0.717, 1.165) is 41.0 Å². The van der Waals surface area contributed by atoms with Gasteiger partial charge in [0.15, 0.2) is 0 Å². The maximum absolute atomic E-state index is 13.3. The zero-order chi connectivity index (χ0) is 27.2. The number of nitro benzene ring substituents is 1. The monoisotopic (exact) mass is 553 g/mol. The third-order valence-corrected chi connectivity index (χ3v) is 8.74. The summed E-state index contributed by atoms with van der Waals surface area (Å²) in [5.74, 6) is -1.04. The number of benzene rings is 2. The summed E-state index contributed by atoms with van der Waals surface area (Å²) in [4.78, 5) is 50.6. The highest BCUT2D eigenvalue weighted by atomic mass is 32.2. The number of methoxy groups -OCH3 is 1. The zero-order valence-electron chi connectivity index (χ0n) is 20.9. The normalized spacial score (nSPS) is 13.2. The smallest absolute Gasteiger partial charge is 0.341 e. The molecule has 3 aromatic rings. The number of fused-ring (bicyclic) bond motifs is 1. The SMILES string of the molecule is CCC(Sc1cccc(NC(=O)c2ccc([N+](=O)[O-])cc2)c1)C(=O)Nc1sc2c(c1C(=O)OC)CCCC2. The largest absolute Gasteiger partial charge is 0.465 e. The van der Waals surface area contributed by atoms with E-state index < -0.39 is 22.0 Å². The molecule has 4 rings (SSSR count). The Morgan fingerprint density at radius 3 is 2.53 bits per heavy atom. The van der Waals surface area contributed by atoms with E-state index in [4.69, 9.17) is 4.74 Å². The standard InChI is InChI=1S/C27H27N3O6S2/c1-3-21(25(32)29-26-23(27(33)36-2)20-9-4-5-10-22(20)38-26)37-19-8-6-7-17(15-19)28-24(31)16-11-13-18(14-12-16)30(34)35/h6-8,11-15,21H,3-5,9-10H2,1-2H3,(H,28,31)(H,29,32). The van der Waals surface area contributed by atoms with Crippen molar-refractivity contribution >= 4 is 57.3 Å². The van der Waals surface area contributed by atoms with Crippen LogP contribution in [0.2, 0.25) is 0 Å². The van der Waals surface area contributed by atoms with Gasteiger partial charge in [-0.1, -0.05) is 13.0 Å². The predicted molar refractivity (Wildman–Crippen MR) is 148 cm³/mol. The first-order valence-corrected chi connectivity index (χ1v) is 13.9. The van der Waals surface area contributed by atoms with Crippen molar-refractivity contribution in [1.82, 2.24) is 0 Å². The fraction of sp³-hybridized carbons (Fsp3) is 0.296. The van der Waals surface area contributed by atoms with E-state index in [1.165, 1.54) is 54.5 Å². The number of aryl methyl sites for hydroxylation is 1. The van der Waals surface area contributed by atoms with Crippen molar-refractivity contribution in [2.75, 3.05) is 17.7 Å². The summed E-state index contributed by atoms with van der Waals surface area (Å²) in [5, 5.41) is 16.7. The molecule has 0 spiro atoms. The van der Waals surface area contributed by atoms with Gasteiger partial charge in [-0.15, -0.1) is 23.1 Å². The molecule has 0 fully saturated rings. The molecule has 2 N–H and O–H groups in total. The van der Waals surface area contributed by atoms with E-state index in [1.54, 1.807) is 18.2 Å². The minimum atomic E-state index is -0.522. The van der Waals surface area contributed by atoms with Gasteiger partial charge in [0.1, 0.15) is 5.00 Å². The molecular weight excluding hydrogens is 526 g/mol. The molecule has 2 amide bonds. The second-order valence-electron chi connectivity index (χ2n) is 8.70.